The summed E-state index contributed by atoms with van der Waals surface area (Å²) in [5.74, 6) is -0.428. The second kappa shape index (κ2) is 12.3. The highest BCUT2D eigenvalue weighted by atomic mass is 35.5. The second-order valence-electron chi connectivity index (χ2n) is 7.36. The van der Waals surface area contributed by atoms with Gasteiger partial charge in [0.05, 0.1) is 10.6 Å². The molecule has 0 spiro atoms. The highest BCUT2D eigenvalue weighted by Crippen LogP contribution is 2.63. The summed E-state index contributed by atoms with van der Waals surface area (Å²) in [6, 6.07) is 34.6. The Morgan fingerprint density at radius 1 is 0.657 bits per heavy atom. The number of benzene rings is 4. The molecule has 0 radical (unpaired) electrons. The second-order valence-corrected chi connectivity index (χ2v) is 12.5. The number of hydrogen-bond acceptors (Lipinski definition) is 1. The molecule has 0 unspecified atom stereocenters. The van der Waals surface area contributed by atoms with Gasteiger partial charge in [-0.1, -0.05) is 101 Å². The zero-order valence-electron chi connectivity index (χ0n) is 18.2. The van der Waals surface area contributed by atoms with Crippen LogP contribution in [0.25, 0.3) is 0 Å². The van der Waals surface area contributed by atoms with Gasteiger partial charge in [0.1, 0.15) is 15.9 Å². The van der Waals surface area contributed by atoms with E-state index in [1.54, 1.807) is 12.1 Å². The van der Waals surface area contributed by atoms with Crippen molar-refractivity contribution in [2.45, 2.75) is 0 Å². The molecule has 0 aromatic heterocycles. The Bertz CT molecular complexity index is 1230. The summed E-state index contributed by atoms with van der Waals surface area (Å²) >= 11 is 25.5. The summed E-state index contributed by atoms with van der Waals surface area (Å²) in [6.07, 6.45) is 0. The molecule has 0 aliphatic heterocycles. The van der Waals surface area contributed by atoms with Gasteiger partial charge in [-0.05, 0) is 54.6 Å². The van der Waals surface area contributed by atoms with Gasteiger partial charge in [-0.25, -0.2) is 0 Å². The molecule has 0 fully saturated rings. The van der Waals surface area contributed by atoms with E-state index in [2.05, 4.69) is 5.32 Å². The zero-order valence-corrected chi connectivity index (χ0v) is 22.9. The third-order valence-corrected chi connectivity index (χ3v) is 10.8. The first kappa shape index (κ1) is 27.6. The first-order chi connectivity index (χ1) is 16.4. The van der Waals surface area contributed by atoms with E-state index in [1.807, 2.05) is 91.0 Å². The molecule has 0 saturated carbocycles. The minimum Gasteiger partial charge on any atom is -0.290 e. The summed E-state index contributed by atoms with van der Waals surface area (Å²) in [6.45, 7) is 0. The minimum atomic E-state index is -2.70. The van der Waals surface area contributed by atoms with Gasteiger partial charge in [-0.2, -0.15) is 0 Å². The van der Waals surface area contributed by atoms with Crippen molar-refractivity contribution in [3.8, 4) is 0 Å². The average Bonchev–Trinajstić information content (AvgIpc) is 2.85. The van der Waals surface area contributed by atoms with Gasteiger partial charge in [0.25, 0.3) is 5.91 Å². The van der Waals surface area contributed by atoms with E-state index < -0.39 is 13.2 Å². The molecule has 0 atom stereocenters. The summed E-state index contributed by atoms with van der Waals surface area (Å²) in [5.41, 5.74) is 0.695. The lowest BCUT2D eigenvalue weighted by molar-refractivity contribution is 0.0968. The quantitative estimate of drug-likeness (QED) is 0.232. The van der Waals surface area contributed by atoms with Crippen LogP contribution in [0.15, 0.2) is 119 Å². The Morgan fingerprint density at radius 3 is 1.46 bits per heavy atom. The number of nitrogens with one attached hydrogen (secondary N) is 1. The van der Waals surface area contributed by atoms with E-state index in [0.717, 1.165) is 15.9 Å². The number of carbonyl (C=O) groups excluding carboxylic acids is 1. The fourth-order valence-electron chi connectivity index (χ4n) is 3.90. The summed E-state index contributed by atoms with van der Waals surface area (Å²) in [5, 5.41) is 6.67. The molecule has 0 aliphatic rings. The number of halogens is 5. The molecule has 0 bridgehead atoms. The molecule has 4 aromatic rings. The molecule has 4 aromatic carbocycles. The molecule has 1 amide bonds. The van der Waals surface area contributed by atoms with Gasteiger partial charge in [0.15, 0.2) is 11.8 Å². The predicted molar refractivity (Wildman–Crippen MR) is 155 cm³/mol. The molecule has 8 heteroatoms. The van der Waals surface area contributed by atoms with Crippen LogP contribution in [0.5, 0.6) is 0 Å². The van der Waals surface area contributed by atoms with Crippen molar-refractivity contribution in [3.63, 3.8) is 0 Å². The summed E-state index contributed by atoms with van der Waals surface area (Å²) < 4.78 is -0.0247. The molecule has 2 nitrogen and oxygen atoms in total. The van der Waals surface area contributed by atoms with Gasteiger partial charge in [0.2, 0.25) is 5.44 Å². The largest absolute Gasteiger partial charge is 0.290 e. The minimum absolute atomic E-state index is 0. The lowest BCUT2D eigenvalue weighted by Gasteiger charge is -2.29. The highest BCUT2D eigenvalue weighted by Gasteiger charge is 2.52. The molecular formula is C27H20Cl5NOP+. The lowest BCUT2D eigenvalue weighted by Crippen LogP contribution is -2.38. The van der Waals surface area contributed by atoms with Crippen molar-refractivity contribution in [2.75, 3.05) is 0 Å². The number of carbonyl (C=O) groups is 1. The number of amides is 1. The smallest absolute Gasteiger partial charge is 0.259 e. The fraction of sp³-hybridized carbons (Fsp3) is 0. The normalized spacial score (nSPS) is 10.7. The van der Waals surface area contributed by atoms with Crippen LogP contribution in [0.1, 0.15) is 10.4 Å². The van der Waals surface area contributed by atoms with Crippen LogP contribution in [0.3, 0.4) is 0 Å². The van der Waals surface area contributed by atoms with Crippen molar-refractivity contribution in [1.82, 2.24) is 5.32 Å². The van der Waals surface area contributed by atoms with E-state index in [4.69, 9.17) is 46.4 Å². The van der Waals surface area contributed by atoms with E-state index in [-0.39, 0.29) is 27.5 Å². The third-order valence-electron chi connectivity index (χ3n) is 5.35. The summed E-state index contributed by atoms with van der Waals surface area (Å²) in [4.78, 5) is 13.5. The number of rotatable bonds is 6. The lowest BCUT2D eigenvalue weighted by atomic mass is 10.2. The average molecular weight is 583 g/mol. The zero-order chi connectivity index (χ0) is 24.1. The van der Waals surface area contributed by atoms with Crippen LogP contribution >= 0.6 is 66.1 Å². The van der Waals surface area contributed by atoms with Crippen LogP contribution in [0.4, 0.5) is 0 Å². The summed E-state index contributed by atoms with van der Waals surface area (Å²) in [7, 11) is -2.70. The van der Waals surface area contributed by atoms with E-state index in [1.165, 1.54) is 6.07 Å². The standard InChI is InChI=1S/C27H18Cl4NOP.ClH/c28-19-16-17-23(24(29)18-19)26(33)32-27(25(30)31)34(20-10-4-1-5-11-20,21-12-6-2-7-13-21)22-14-8-3-9-15-22;/h1-18H;1H/p+1. The van der Waals surface area contributed by atoms with E-state index >= 15 is 0 Å². The molecule has 1 N–H and O–H groups in total. The van der Waals surface area contributed by atoms with E-state index in [0.29, 0.717) is 10.5 Å². The van der Waals surface area contributed by atoms with Crippen molar-refractivity contribution in [1.29, 1.82) is 0 Å². The molecule has 178 valence electrons. The Morgan fingerprint density at radius 2 is 1.09 bits per heavy atom. The van der Waals surface area contributed by atoms with Gasteiger partial charge in [-0.15, -0.1) is 12.4 Å². The molecule has 4 rings (SSSR count). The molecule has 0 saturated heterocycles. The van der Waals surface area contributed by atoms with Crippen LogP contribution < -0.4 is 21.2 Å². The Kier molecular flexibility index (Phi) is 9.67. The van der Waals surface area contributed by atoms with Gasteiger partial charge < -0.3 is 0 Å². The van der Waals surface area contributed by atoms with Crippen molar-refractivity contribution < 1.29 is 4.79 Å². The first-order valence-corrected chi connectivity index (χ1v) is 13.6. The van der Waals surface area contributed by atoms with Crippen molar-refractivity contribution in [3.05, 3.63) is 135 Å². The van der Waals surface area contributed by atoms with Gasteiger partial charge in [0, 0.05) is 5.02 Å². The Labute approximate surface area is 231 Å². The highest BCUT2D eigenvalue weighted by molar-refractivity contribution is 7.99. The van der Waals surface area contributed by atoms with Crippen LogP contribution in [0, 0.1) is 0 Å². The van der Waals surface area contributed by atoms with Crippen molar-refractivity contribution >= 4 is 87.9 Å². The Hall–Kier alpha value is -2.03. The first-order valence-electron chi connectivity index (χ1n) is 10.3. The molecule has 0 heterocycles. The van der Waals surface area contributed by atoms with Gasteiger partial charge in [-0.3, -0.25) is 10.1 Å². The molecule has 35 heavy (non-hydrogen) atoms. The van der Waals surface area contributed by atoms with Crippen LogP contribution in [-0.4, -0.2) is 5.91 Å². The third kappa shape index (κ3) is 5.70. The maximum absolute atomic E-state index is 13.5. The Balaban J connectivity index is 0.00000342. The molecular weight excluding hydrogens is 563 g/mol. The van der Waals surface area contributed by atoms with Crippen LogP contribution in [0.2, 0.25) is 10.0 Å². The van der Waals surface area contributed by atoms with E-state index in [9.17, 15) is 4.79 Å². The maximum atomic E-state index is 13.5. The fourth-order valence-corrected chi connectivity index (χ4v) is 9.29. The maximum Gasteiger partial charge on any atom is 0.259 e. The molecule has 0 aliphatic carbocycles. The van der Waals surface area contributed by atoms with Crippen LogP contribution in [-0.2, 0) is 0 Å². The number of hydrogen-bond donors (Lipinski definition) is 1. The van der Waals surface area contributed by atoms with Crippen molar-refractivity contribution in [2.24, 2.45) is 0 Å². The monoisotopic (exact) mass is 580 g/mol. The SMILES string of the molecule is Cl.O=C(NC(=C(Cl)Cl)[P+](c1ccccc1)(c1ccccc1)c1ccccc1)c1ccc(Cl)cc1Cl. The van der Waals surface area contributed by atoms with Gasteiger partial charge >= 0.3 is 0 Å². The predicted octanol–water partition coefficient (Wildman–Crippen LogP) is 7.74. The topological polar surface area (TPSA) is 29.1 Å².